The van der Waals surface area contributed by atoms with Gasteiger partial charge in [0.05, 0.1) is 4.83 Å². The lowest BCUT2D eigenvalue weighted by atomic mass is 10.2. The van der Waals surface area contributed by atoms with Gasteiger partial charge in [-0.25, -0.2) is 4.99 Å². The lowest BCUT2D eigenvalue weighted by Crippen LogP contribution is -2.09. The number of carbonyl (C=O) groups is 1. The Hall–Kier alpha value is -0.440. The molecule has 0 fully saturated rings. The standard InChI is InChI=1S/C6H6BrNO/c1-4-2-6(9)8-3-5(4)7/h2-3,5H,1H3. The highest BCUT2D eigenvalue weighted by Crippen LogP contribution is 2.12. The molecule has 1 unspecified atom stereocenters. The highest BCUT2D eigenvalue weighted by atomic mass is 79.9. The predicted molar refractivity (Wildman–Crippen MR) is 40.0 cm³/mol. The van der Waals surface area contributed by atoms with Crippen molar-refractivity contribution in [2.45, 2.75) is 11.8 Å². The average Bonchev–Trinajstić information content (AvgIpc) is 1.80. The second kappa shape index (κ2) is 2.43. The summed E-state index contributed by atoms with van der Waals surface area (Å²) in [5, 5.41) is 0. The molecule has 0 aromatic rings. The van der Waals surface area contributed by atoms with E-state index in [0.717, 1.165) is 5.57 Å². The van der Waals surface area contributed by atoms with E-state index in [4.69, 9.17) is 0 Å². The van der Waals surface area contributed by atoms with Crippen LogP contribution >= 0.6 is 15.9 Å². The highest BCUT2D eigenvalue weighted by molar-refractivity contribution is 9.10. The Bertz CT molecular complexity index is 195. The van der Waals surface area contributed by atoms with Gasteiger partial charge in [0.2, 0.25) is 0 Å². The summed E-state index contributed by atoms with van der Waals surface area (Å²) in [4.78, 5) is 14.2. The van der Waals surface area contributed by atoms with Crippen LogP contribution in [0.2, 0.25) is 0 Å². The first-order chi connectivity index (χ1) is 4.20. The second-order valence-corrected chi connectivity index (χ2v) is 2.89. The summed E-state index contributed by atoms with van der Waals surface area (Å²) in [5.41, 5.74) is 1.01. The fourth-order valence-corrected chi connectivity index (χ4v) is 0.818. The maximum absolute atomic E-state index is 10.5. The van der Waals surface area contributed by atoms with Crippen LogP contribution in [0.4, 0.5) is 0 Å². The van der Waals surface area contributed by atoms with Gasteiger partial charge in [-0.2, -0.15) is 0 Å². The third kappa shape index (κ3) is 1.48. The van der Waals surface area contributed by atoms with Gasteiger partial charge in [0.15, 0.2) is 0 Å². The van der Waals surface area contributed by atoms with Crippen LogP contribution in [-0.4, -0.2) is 16.9 Å². The summed E-state index contributed by atoms with van der Waals surface area (Å²) in [6.07, 6.45) is 3.12. The summed E-state index contributed by atoms with van der Waals surface area (Å²) < 4.78 is 0. The van der Waals surface area contributed by atoms with Crippen molar-refractivity contribution in [1.29, 1.82) is 0 Å². The summed E-state index contributed by atoms with van der Waals surface area (Å²) in [5.74, 6) is -0.164. The van der Waals surface area contributed by atoms with Crippen LogP contribution in [0.1, 0.15) is 6.92 Å². The Morgan fingerprint density at radius 3 is 2.89 bits per heavy atom. The molecule has 3 heteroatoms. The van der Waals surface area contributed by atoms with Gasteiger partial charge in [0.25, 0.3) is 5.91 Å². The van der Waals surface area contributed by atoms with Crippen LogP contribution in [0.15, 0.2) is 16.6 Å². The van der Waals surface area contributed by atoms with Gasteiger partial charge >= 0.3 is 0 Å². The fraction of sp³-hybridized carbons (Fsp3) is 0.333. The third-order valence-electron chi connectivity index (χ3n) is 1.12. The summed E-state index contributed by atoms with van der Waals surface area (Å²) in [7, 11) is 0. The van der Waals surface area contributed by atoms with Crippen molar-refractivity contribution in [2.24, 2.45) is 4.99 Å². The predicted octanol–water partition coefficient (Wildman–Crippen LogP) is 1.31. The third-order valence-corrected chi connectivity index (χ3v) is 2.08. The number of dihydropyridines is 1. The molecular formula is C6H6BrNO. The largest absolute Gasteiger partial charge is 0.269 e. The SMILES string of the molecule is CC1=CC(=O)N=CC1Br. The molecule has 1 aliphatic rings. The van der Waals surface area contributed by atoms with E-state index in [0.29, 0.717) is 0 Å². The number of alkyl halides is 1. The molecule has 0 aromatic heterocycles. The Morgan fingerprint density at radius 2 is 2.44 bits per heavy atom. The minimum Gasteiger partial charge on any atom is -0.267 e. The Morgan fingerprint density at radius 1 is 1.78 bits per heavy atom. The van der Waals surface area contributed by atoms with Crippen LogP contribution in [0, 0.1) is 0 Å². The van der Waals surface area contributed by atoms with Crippen LogP contribution in [0.3, 0.4) is 0 Å². The first-order valence-electron chi connectivity index (χ1n) is 2.60. The first kappa shape index (κ1) is 6.68. The Kier molecular flexibility index (Phi) is 1.81. The van der Waals surface area contributed by atoms with Crippen LogP contribution in [0.25, 0.3) is 0 Å². The maximum Gasteiger partial charge on any atom is 0.269 e. The van der Waals surface area contributed by atoms with Crippen molar-refractivity contribution in [2.75, 3.05) is 0 Å². The molecule has 0 saturated carbocycles. The normalized spacial score (nSPS) is 26.2. The van der Waals surface area contributed by atoms with E-state index < -0.39 is 0 Å². The van der Waals surface area contributed by atoms with Crippen molar-refractivity contribution in [1.82, 2.24) is 0 Å². The smallest absolute Gasteiger partial charge is 0.267 e. The van der Waals surface area contributed by atoms with Crippen LogP contribution in [-0.2, 0) is 4.79 Å². The molecule has 0 aromatic carbocycles. The van der Waals surface area contributed by atoms with Gasteiger partial charge < -0.3 is 0 Å². The molecule has 1 heterocycles. The lowest BCUT2D eigenvalue weighted by molar-refractivity contribution is -0.113. The van der Waals surface area contributed by atoms with Gasteiger partial charge in [-0.05, 0) is 12.5 Å². The zero-order valence-electron chi connectivity index (χ0n) is 4.97. The topological polar surface area (TPSA) is 29.4 Å². The molecule has 0 aliphatic carbocycles. The minimum absolute atomic E-state index is 0.148. The number of halogens is 1. The van der Waals surface area contributed by atoms with Crippen molar-refractivity contribution in [3.63, 3.8) is 0 Å². The van der Waals surface area contributed by atoms with Crippen LogP contribution < -0.4 is 0 Å². The quantitative estimate of drug-likeness (QED) is 0.527. The maximum atomic E-state index is 10.5. The summed E-state index contributed by atoms with van der Waals surface area (Å²) >= 11 is 3.31. The minimum atomic E-state index is -0.164. The van der Waals surface area contributed by atoms with E-state index in [1.54, 1.807) is 6.21 Å². The number of nitrogens with zero attached hydrogens (tertiary/aromatic N) is 1. The number of allylic oxidation sites excluding steroid dienone is 1. The van der Waals surface area contributed by atoms with Crippen molar-refractivity contribution in [3.05, 3.63) is 11.6 Å². The molecule has 1 atom stereocenters. The van der Waals surface area contributed by atoms with E-state index >= 15 is 0 Å². The van der Waals surface area contributed by atoms with Gasteiger partial charge in [-0.3, -0.25) is 4.79 Å². The molecule has 0 bridgehead atoms. The Labute approximate surface area is 61.8 Å². The number of carbonyl (C=O) groups excluding carboxylic acids is 1. The molecule has 0 radical (unpaired) electrons. The molecular weight excluding hydrogens is 182 g/mol. The van der Waals surface area contributed by atoms with E-state index in [1.165, 1.54) is 6.08 Å². The van der Waals surface area contributed by atoms with Crippen LogP contribution in [0.5, 0.6) is 0 Å². The average molecular weight is 188 g/mol. The molecule has 1 rings (SSSR count). The van der Waals surface area contributed by atoms with Crippen molar-refractivity contribution >= 4 is 28.1 Å². The zero-order chi connectivity index (χ0) is 6.85. The highest BCUT2D eigenvalue weighted by Gasteiger charge is 2.09. The molecule has 9 heavy (non-hydrogen) atoms. The molecule has 1 amide bonds. The molecule has 1 aliphatic heterocycles. The summed E-state index contributed by atoms with van der Waals surface area (Å²) in [6.45, 7) is 1.89. The number of hydrogen-bond acceptors (Lipinski definition) is 1. The van der Waals surface area contributed by atoms with Gasteiger partial charge in [0.1, 0.15) is 0 Å². The van der Waals surface area contributed by atoms with Gasteiger partial charge in [-0.1, -0.05) is 15.9 Å². The molecule has 2 nitrogen and oxygen atoms in total. The van der Waals surface area contributed by atoms with Crippen molar-refractivity contribution in [3.8, 4) is 0 Å². The zero-order valence-corrected chi connectivity index (χ0v) is 6.55. The van der Waals surface area contributed by atoms with E-state index in [9.17, 15) is 4.79 Å². The molecule has 0 saturated heterocycles. The number of amides is 1. The first-order valence-corrected chi connectivity index (χ1v) is 3.52. The number of aliphatic imine (C=N–C) groups is 1. The van der Waals surface area contributed by atoms with E-state index in [2.05, 4.69) is 20.9 Å². The summed E-state index contributed by atoms with van der Waals surface area (Å²) in [6, 6.07) is 0. The van der Waals surface area contributed by atoms with E-state index in [-0.39, 0.29) is 10.7 Å². The van der Waals surface area contributed by atoms with Crippen molar-refractivity contribution < 1.29 is 4.79 Å². The lowest BCUT2D eigenvalue weighted by Gasteiger charge is -2.05. The molecule has 0 spiro atoms. The molecule has 0 N–H and O–H groups in total. The number of rotatable bonds is 0. The monoisotopic (exact) mass is 187 g/mol. The second-order valence-electron chi connectivity index (χ2n) is 1.91. The molecule has 48 valence electrons. The van der Waals surface area contributed by atoms with E-state index in [1.807, 2.05) is 6.92 Å². The van der Waals surface area contributed by atoms with Gasteiger partial charge in [0, 0.05) is 12.3 Å². The Balaban J connectivity index is 2.82. The fourth-order valence-electron chi connectivity index (χ4n) is 0.568. The van der Waals surface area contributed by atoms with Gasteiger partial charge in [-0.15, -0.1) is 0 Å². The number of hydrogen-bond donors (Lipinski definition) is 0.